The second-order valence-corrected chi connectivity index (χ2v) is 5.39. The van der Waals surface area contributed by atoms with Gasteiger partial charge in [0.15, 0.2) is 0 Å². The number of amides is 1. The molecule has 3 nitrogen and oxygen atoms in total. The van der Waals surface area contributed by atoms with Gasteiger partial charge in [0.2, 0.25) is 5.91 Å². The van der Waals surface area contributed by atoms with Gasteiger partial charge in [0.25, 0.3) is 0 Å². The van der Waals surface area contributed by atoms with Crippen molar-refractivity contribution in [3.63, 3.8) is 0 Å². The number of nitrogens with one attached hydrogen (secondary N) is 2. The van der Waals surface area contributed by atoms with Gasteiger partial charge in [-0.25, -0.2) is 0 Å². The van der Waals surface area contributed by atoms with Crippen LogP contribution in [0.15, 0.2) is 0 Å². The smallest absolute Gasteiger partial charge is 0.226 e. The summed E-state index contributed by atoms with van der Waals surface area (Å²) in [5, 5.41) is 6.50. The zero-order chi connectivity index (χ0) is 12.2. The molecule has 3 heteroatoms. The molecule has 0 aromatic rings. The maximum absolute atomic E-state index is 12.3. The minimum Gasteiger partial charge on any atom is -0.353 e. The number of rotatable bonds is 4. The number of carbonyl (C=O) groups excluding carboxylic acids is 1. The van der Waals surface area contributed by atoms with Crippen molar-refractivity contribution in [2.24, 2.45) is 11.3 Å². The molecule has 94 valence electrons. The lowest BCUT2D eigenvalue weighted by molar-refractivity contribution is -0.133. The maximum Gasteiger partial charge on any atom is 0.226 e. The molecule has 1 saturated heterocycles. The zero-order valence-electron chi connectivity index (χ0n) is 11.1. The van der Waals surface area contributed by atoms with Gasteiger partial charge in [-0.2, -0.15) is 0 Å². The van der Waals surface area contributed by atoms with Crippen molar-refractivity contribution in [2.45, 2.75) is 53.0 Å². The summed E-state index contributed by atoms with van der Waals surface area (Å²) in [6.45, 7) is 10.4. The van der Waals surface area contributed by atoms with Gasteiger partial charge in [-0.1, -0.05) is 20.8 Å². The predicted octanol–water partition coefficient (Wildman–Crippen LogP) is 1.93. The fraction of sp³-hybridized carbons (Fsp3) is 0.923. The van der Waals surface area contributed by atoms with Crippen LogP contribution in [0.4, 0.5) is 0 Å². The Morgan fingerprint density at radius 1 is 1.31 bits per heavy atom. The van der Waals surface area contributed by atoms with E-state index in [4.69, 9.17) is 0 Å². The molecule has 0 radical (unpaired) electrons. The van der Waals surface area contributed by atoms with E-state index in [0.29, 0.717) is 5.92 Å². The molecule has 1 aliphatic rings. The van der Waals surface area contributed by atoms with Crippen molar-refractivity contribution in [1.82, 2.24) is 10.6 Å². The van der Waals surface area contributed by atoms with Crippen LogP contribution in [0, 0.1) is 11.3 Å². The van der Waals surface area contributed by atoms with E-state index in [0.717, 1.165) is 32.4 Å². The summed E-state index contributed by atoms with van der Waals surface area (Å²) in [6, 6.07) is 0.269. The summed E-state index contributed by atoms with van der Waals surface area (Å²) in [5.74, 6) is 0.761. The molecule has 0 aliphatic carbocycles. The van der Waals surface area contributed by atoms with Crippen LogP contribution in [0.1, 0.15) is 47.0 Å². The van der Waals surface area contributed by atoms with Crippen LogP contribution in [-0.2, 0) is 4.79 Å². The van der Waals surface area contributed by atoms with E-state index in [1.807, 2.05) is 0 Å². The lowest BCUT2D eigenvalue weighted by Crippen LogP contribution is -2.50. The van der Waals surface area contributed by atoms with E-state index in [9.17, 15) is 4.79 Å². The Kier molecular flexibility index (Phi) is 4.78. The first kappa shape index (κ1) is 13.5. The van der Waals surface area contributed by atoms with Crippen molar-refractivity contribution in [1.29, 1.82) is 0 Å². The number of hydrogen-bond donors (Lipinski definition) is 2. The quantitative estimate of drug-likeness (QED) is 0.769. The Morgan fingerprint density at radius 2 is 1.88 bits per heavy atom. The third kappa shape index (κ3) is 2.97. The summed E-state index contributed by atoms with van der Waals surface area (Å²) < 4.78 is 0. The summed E-state index contributed by atoms with van der Waals surface area (Å²) in [6.07, 6.45) is 2.89. The normalized spacial score (nSPS) is 21.8. The van der Waals surface area contributed by atoms with E-state index in [1.54, 1.807) is 0 Å². The minimum atomic E-state index is -0.117. The molecule has 0 bridgehead atoms. The Morgan fingerprint density at radius 3 is 2.31 bits per heavy atom. The fourth-order valence-electron chi connectivity index (χ4n) is 2.17. The van der Waals surface area contributed by atoms with Crippen LogP contribution in [-0.4, -0.2) is 25.0 Å². The van der Waals surface area contributed by atoms with Gasteiger partial charge in [-0.15, -0.1) is 0 Å². The molecule has 1 fully saturated rings. The molecular weight excluding hydrogens is 200 g/mol. The number of piperidine rings is 1. The molecule has 1 aliphatic heterocycles. The largest absolute Gasteiger partial charge is 0.353 e. The molecule has 0 saturated carbocycles. The van der Waals surface area contributed by atoms with Crippen molar-refractivity contribution >= 4 is 5.91 Å². The Bertz CT molecular complexity index is 232. The second-order valence-electron chi connectivity index (χ2n) is 5.39. The highest BCUT2D eigenvalue weighted by atomic mass is 16.2. The average molecular weight is 226 g/mol. The molecule has 1 unspecified atom stereocenters. The standard InChI is InChI=1S/C13H26N2O/c1-5-13(6-8-14-9-7-13)12(16)15-11(4)10(2)3/h10-11,14H,5-9H2,1-4H3,(H,15,16). The van der Waals surface area contributed by atoms with Crippen molar-refractivity contribution in [2.75, 3.05) is 13.1 Å². The first-order chi connectivity index (χ1) is 7.52. The monoisotopic (exact) mass is 226 g/mol. The van der Waals surface area contributed by atoms with Crippen LogP contribution in [0.25, 0.3) is 0 Å². The van der Waals surface area contributed by atoms with Crippen molar-refractivity contribution in [3.8, 4) is 0 Å². The van der Waals surface area contributed by atoms with Gasteiger partial charge in [0.05, 0.1) is 5.41 Å². The van der Waals surface area contributed by atoms with E-state index < -0.39 is 0 Å². The number of hydrogen-bond acceptors (Lipinski definition) is 2. The molecule has 0 aromatic carbocycles. The third-order valence-corrected chi connectivity index (χ3v) is 4.08. The molecule has 2 N–H and O–H groups in total. The molecule has 0 spiro atoms. The summed E-state index contributed by atoms with van der Waals surface area (Å²) in [4.78, 5) is 12.3. The summed E-state index contributed by atoms with van der Waals surface area (Å²) >= 11 is 0. The highest BCUT2D eigenvalue weighted by Crippen LogP contribution is 2.32. The second kappa shape index (κ2) is 5.67. The first-order valence-electron chi connectivity index (χ1n) is 6.53. The lowest BCUT2D eigenvalue weighted by atomic mass is 9.75. The maximum atomic E-state index is 12.3. The summed E-state index contributed by atoms with van der Waals surface area (Å²) in [7, 11) is 0. The van der Waals surface area contributed by atoms with Gasteiger partial charge in [-0.05, 0) is 45.2 Å². The van der Waals surface area contributed by atoms with Gasteiger partial charge < -0.3 is 10.6 Å². The van der Waals surface area contributed by atoms with Crippen molar-refractivity contribution < 1.29 is 4.79 Å². The molecule has 1 heterocycles. The molecule has 1 atom stereocenters. The van der Waals surface area contributed by atoms with Crippen molar-refractivity contribution in [3.05, 3.63) is 0 Å². The molecule has 1 rings (SSSR count). The average Bonchev–Trinajstić information content (AvgIpc) is 2.29. The third-order valence-electron chi connectivity index (χ3n) is 4.08. The topological polar surface area (TPSA) is 41.1 Å². The Labute approximate surface area is 99.4 Å². The lowest BCUT2D eigenvalue weighted by Gasteiger charge is -2.36. The molecule has 1 amide bonds. The van der Waals surface area contributed by atoms with E-state index in [-0.39, 0.29) is 17.4 Å². The highest BCUT2D eigenvalue weighted by Gasteiger charge is 2.38. The van der Waals surface area contributed by atoms with Gasteiger partial charge in [-0.3, -0.25) is 4.79 Å². The number of carbonyl (C=O) groups is 1. The van der Waals surface area contributed by atoms with Gasteiger partial charge in [0.1, 0.15) is 0 Å². The predicted molar refractivity (Wildman–Crippen MR) is 67.3 cm³/mol. The Balaban J connectivity index is 2.61. The van der Waals surface area contributed by atoms with Crippen LogP contribution in [0.2, 0.25) is 0 Å². The first-order valence-corrected chi connectivity index (χ1v) is 6.53. The van der Waals surface area contributed by atoms with Crippen LogP contribution in [0.3, 0.4) is 0 Å². The van der Waals surface area contributed by atoms with Gasteiger partial charge >= 0.3 is 0 Å². The van der Waals surface area contributed by atoms with Crippen LogP contribution < -0.4 is 10.6 Å². The molecule has 0 aromatic heterocycles. The molecular formula is C13H26N2O. The minimum absolute atomic E-state index is 0.117. The highest BCUT2D eigenvalue weighted by molar-refractivity contribution is 5.83. The van der Waals surface area contributed by atoms with Crippen LogP contribution >= 0.6 is 0 Å². The van der Waals surface area contributed by atoms with E-state index in [1.165, 1.54) is 0 Å². The molecule has 16 heavy (non-hydrogen) atoms. The zero-order valence-corrected chi connectivity index (χ0v) is 11.1. The van der Waals surface area contributed by atoms with Crippen LogP contribution in [0.5, 0.6) is 0 Å². The van der Waals surface area contributed by atoms with Gasteiger partial charge in [0, 0.05) is 6.04 Å². The van der Waals surface area contributed by atoms with E-state index >= 15 is 0 Å². The fourth-order valence-corrected chi connectivity index (χ4v) is 2.17. The van der Waals surface area contributed by atoms with E-state index in [2.05, 4.69) is 38.3 Å². The SMILES string of the molecule is CCC1(C(=O)NC(C)C(C)C)CCNCC1. The Hall–Kier alpha value is -0.570. The summed E-state index contributed by atoms with van der Waals surface area (Å²) in [5.41, 5.74) is -0.117.